The maximum atomic E-state index is 12.7. The van der Waals surface area contributed by atoms with Crippen LogP contribution in [0.25, 0.3) is 22.1 Å². The average Bonchev–Trinajstić information content (AvgIpc) is 3.22. The summed E-state index contributed by atoms with van der Waals surface area (Å²) in [5, 5.41) is 22.0. The van der Waals surface area contributed by atoms with Crippen LogP contribution in [0.5, 0.6) is 0 Å². The Morgan fingerprint density at radius 3 is 1.57 bits per heavy atom. The molecule has 2 aromatic carbocycles. The number of hydrogen-bond donors (Lipinski definition) is 4. The van der Waals surface area contributed by atoms with Gasteiger partial charge in [0.15, 0.2) is 11.6 Å². The lowest BCUT2D eigenvalue weighted by atomic mass is 10.2. The van der Waals surface area contributed by atoms with E-state index in [1.807, 2.05) is 0 Å². The highest BCUT2D eigenvalue weighted by molar-refractivity contribution is 6.07. The van der Waals surface area contributed by atoms with Gasteiger partial charge in [-0.3, -0.25) is 25.0 Å². The van der Waals surface area contributed by atoms with Gasteiger partial charge in [0.2, 0.25) is 0 Å². The number of hydrogen-bond acceptors (Lipinski definition) is 9. The first-order chi connectivity index (χ1) is 13.2. The van der Waals surface area contributed by atoms with Crippen molar-refractivity contribution in [2.45, 2.75) is 0 Å². The van der Waals surface area contributed by atoms with Crippen LogP contribution in [0.2, 0.25) is 0 Å². The second kappa shape index (κ2) is 5.73. The van der Waals surface area contributed by atoms with Crippen LogP contribution in [0.4, 0.5) is 22.7 Å². The van der Waals surface area contributed by atoms with E-state index in [-0.39, 0.29) is 56.5 Å². The first kappa shape index (κ1) is 16.9. The monoisotopic (exact) mass is 382 g/mol. The summed E-state index contributed by atoms with van der Waals surface area (Å²) < 4.78 is 0. The highest BCUT2D eigenvalue weighted by Crippen LogP contribution is 2.28. The lowest BCUT2D eigenvalue weighted by Crippen LogP contribution is -2.05. The predicted molar refractivity (Wildman–Crippen MR) is 97.8 cm³/mol. The molecular weight excluding hydrogens is 372 g/mol. The molecule has 0 bridgehead atoms. The van der Waals surface area contributed by atoms with E-state index >= 15 is 0 Å². The number of imidazole rings is 2. The molecule has 0 aliphatic rings. The summed E-state index contributed by atoms with van der Waals surface area (Å²) in [5.41, 5.74) is 11.5. The number of nitrogens with two attached hydrogens (primary N) is 2. The molecule has 2 aromatic heterocycles. The highest BCUT2D eigenvalue weighted by atomic mass is 16.6. The molecule has 140 valence electrons. The number of aromatic amines is 2. The molecule has 0 aliphatic heterocycles. The normalized spacial score (nSPS) is 11.1. The van der Waals surface area contributed by atoms with Crippen LogP contribution in [0.15, 0.2) is 24.3 Å². The number of nitro benzene ring substituents is 2. The molecule has 0 radical (unpaired) electrons. The Morgan fingerprint density at radius 1 is 0.821 bits per heavy atom. The first-order valence-corrected chi connectivity index (χ1v) is 7.66. The maximum absolute atomic E-state index is 12.7. The zero-order valence-corrected chi connectivity index (χ0v) is 13.8. The van der Waals surface area contributed by atoms with Crippen molar-refractivity contribution in [2.24, 2.45) is 0 Å². The van der Waals surface area contributed by atoms with E-state index in [1.54, 1.807) is 0 Å². The highest BCUT2D eigenvalue weighted by Gasteiger charge is 2.22. The lowest BCUT2D eigenvalue weighted by Gasteiger charge is -1.95. The molecule has 0 saturated heterocycles. The number of rotatable bonds is 4. The van der Waals surface area contributed by atoms with E-state index in [0.29, 0.717) is 0 Å². The molecule has 13 nitrogen and oxygen atoms in total. The molecule has 0 unspecified atom stereocenters. The van der Waals surface area contributed by atoms with Gasteiger partial charge in [0.1, 0.15) is 11.4 Å². The minimum absolute atomic E-state index is 0.0884. The topological polar surface area (TPSA) is 213 Å². The van der Waals surface area contributed by atoms with Crippen molar-refractivity contribution in [3.63, 3.8) is 0 Å². The van der Waals surface area contributed by atoms with Gasteiger partial charge in [0.25, 0.3) is 17.2 Å². The number of fused-ring (bicyclic) bond motifs is 2. The maximum Gasteiger partial charge on any atom is 0.294 e. The average molecular weight is 382 g/mol. The summed E-state index contributed by atoms with van der Waals surface area (Å²) in [6, 6.07) is 4.92. The Morgan fingerprint density at radius 2 is 1.21 bits per heavy atom. The molecule has 0 fully saturated rings. The fraction of sp³-hybridized carbons (Fsp3) is 0. The van der Waals surface area contributed by atoms with Crippen molar-refractivity contribution < 1.29 is 14.6 Å². The second-order valence-corrected chi connectivity index (χ2v) is 5.87. The molecule has 28 heavy (non-hydrogen) atoms. The van der Waals surface area contributed by atoms with Crippen LogP contribution in [0.3, 0.4) is 0 Å². The number of aromatic nitrogens is 4. The largest absolute Gasteiger partial charge is 0.393 e. The van der Waals surface area contributed by atoms with E-state index in [2.05, 4.69) is 19.9 Å². The van der Waals surface area contributed by atoms with Crippen molar-refractivity contribution in [2.75, 3.05) is 11.5 Å². The fourth-order valence-electron chi connectivity index (χ4n) is 2.77. The van der Waals surface area contributed by atoms with Gasteiger partial charge in [0, 0.05) is 12.1 Å². The third kappa shape index (κ3) is 2.54. The Hall–Kier alpha value is -4.55. The summed E-state index contributed by atoms with van der Waals surface area (Å²) in [4.78, 5) is 46.9. The molecule has 0 atom stereocenters. The summed E-state index contributed by atoms with van der Waals surface area (Å²) in [5.74, 6) is -0.900. The van der Waals surface area contributed by atoms with Gasteiger partial charge in [-0.2, -0.15) is 0 Å². The fourth-order valence-corrected chi connectivity index (χ4v) is 2.77. The lowest BCUT2D eigenvalue weighted by molar-refractivity contribution is -0.383. The number of carbonyl (C=O) groups is 1. The molecular formula is C15H10N8O5. The summed E-state index contributed by atoms with van der Waals surface area (Å²) >= 11 is 0. The Bertz CT molecular complexity index is 1220. The molecule has 4 rings (SSSR count). The molecule has 0 spiro atoms. The molecule has 2 heterocycles. The van der Waals surface area contributed by atoms with E-state index < -0.39 is 15.6 Å². The predicted octanol–water partition coefficient (Wildman–Crippen LogP) is 1.65. The number of H-pyrrole nitrogens is 2. The van der Waals surface area contributed by atoms with E-state index in [9.17, 15) is 25.0 Å². The van der Waals surface area contributed by atoms with Gasteiger partial charge >= 0.3 is 0 Å². The van der Waals surface area contributed by atoms with Crippen LogP contribution in [-0.4, -0.2) is 35.6 Å². The number of carbonyl (C=O) groups excluding carboxylic acids is 1. The summed E-state index contributed by atoms with van der Waals surface area (Å²) in [7, 11) is 0. The molecule has 0 amide bonds. The summed E-state index contributed by atoms with van der Waals surface area (Å²) in [6.45, 7) is 0. The zero-order chi connectivity index (χ0) is 20.2. The van der Waals surface area contributed by atoms with Gasteiger partial charge in [-0.1, -0.05) is 0 Å². The quantitative estimate of drug-likeness (QED) is 0.174. The van der Waals surface area contributed by atoms with E-state index in [1.165, 1.54) is 24.3 Å². The van der Waals surface area contributed by atoms with Crippen molar-refractivity contribution >= 4 is 50.6 Å². The molecule has 6 N–H and O–H groups in total. The Kier molecular flexibility index (Phi) is 3.46. The van der Waals surface area contributed by atoms with Crippen molar-refractivity contribution in [1.29, 1.82) is 0 Å². The van der Waals surface area contributed by atoms with Gasteiger partial charge in [-0.15, -0.1) is 0 Å². The molecule has 0 saturated carbocycles. The number of benzene rings is 2. The number of ketones is 1. The molecule has 4 aromatic rings. The number of nitrogen functional groups attached to an aromatic ring is 2. The number of nitrogens with zero attached hydrogens (tertiary/aromatic N) is 4. The van der Waals surface area contributed by atoms with Crippen molar-refractivity contribution in [3.05, 3.63) is 56.1 Å². The summed E-state index contributed by atoms with van der Waals surface area (Å²) in [6.07, 6.45) is 0. The smallest absolute Gasteiger partial charge is 0.294 e. The minimum atomic E-state index is -0.645. The van der Waals surface area contributed by atoms with Crippen LogP contribution in [-0.2, 0) is 0 Å². The van der Waals surface area contributed by atoms with Crippen LogP contribution in [0.1, 0.15) is 16.4 Å². The molecule has 13 heteroatoms. The van der Waals surface area contributed by atoms with Crippen LogP contribution in [0, 0.1) is 20.2 Å². The Labute approximate surface area is 153 Å². The first-order valence-electron chi connectivity index (χ1n) is 7.66. The molecule has 0 aliphatic carbocycles. The van der Waals surface area contributed by atoms with Crippen molar-refractivity contribution in [3.8, 4) is 0 Å². The van der Waals surface area contributed by atoms with Crippen LogP contribution >= 0.6 is 0 Å². The second-order valence-electron chi connectivity index (χ2n) is 5.87. The van der Waals surface area contributed by atoms with Gasteiger partial charge in [-0.05, 0) is 12.1 Å². The Balaban J connectivity index is 1.78. The van der Waals surface area contributed by atoms with Gasteiger partial charge < -0.3 is 21.4 Å². The standard InChI is InChI=1S/C15H10N8O5/c16-5-1-7-9(3-11(5)22(25)26)20-14(18-7)13(24)15-19-8-2-6(17)12(23(27)28)4-10(8)21-15/h1-4H,16-17H2,(H,18,20)(H,19,21). The van der Waals surface area contributed by atoms with Crippen LogP contribution < -0.4 is 11.5 Å². The van der Waals surface area contributed by atoms with Gasteiger partial charge in [-0.25, -0.2) is 9.97 Å². The number of nitro groups is 2. The number of nitrogens with one attached hydrogen (secondary N) is 2. The van der Waals surface area contributed by atoms with Gasteiger partial charge in [0.05, 0.1) is 31.9 Å². The van der Waals surface area contributed by atoms with E-state index in [0.717, 1.165) is 0 Å². The minimum Gasteiger partial charge on any atom is -0.393 e. The zero-order valence-electron chi connectivity index (χ0n) is 13.8. The van der Waals surface area contributed by atoms with Crippen molar-refractivity contribution in [1.82, 2.24) is 19.9 Å². The van der Waals surface area contributed by atoms with E-state index in [4.69, 9.17) is 11.5 Å². The SMILES string of the molecule is Nc1cc2nc(C(=O)c3nc4cc(N)c([N+](=O)[O-])cc4[nH]3)[nH]c2cc1[N+](=O)[O-]. The third-order valence-corrected chi connectivity index (χ3v) is 4.08. The third-order valence-electron chi connectivity index (χ3n) is 4.08. The number of anilines is 2.